The van der Waals surface area contributed by atoms with E-state index in [9.17, 15) is 14.4 Å². The van der Waals surface area contributed by atoms with Crippen LogP contribution in [0, 0.1) is 0 Å². The monoisotopic (exact) mass is 463 g/mol. The number of urea groups is 1. The number of amides is 3. The molecule has 0 bridgehead atoms. The molecule has 2 heterocycles. The van der Waals surface area contributed by atoms with Gasteiger partial charge in [0.2, 0.25) is 5.91 Å². The minimum Gasteiger partial charge on any atom is -0.463 e. The summed E-state index contributed by atoms with van der Waals surface area (Å²) in [5, 5.41) is 8.92. The van der Waals surface area contributed by atoms with Crippen LogP contribution in [0.3, 0.4) is 0 Å². The molecule has 0 aliphatic carbocycles. The third-order valence-corrected chi connectivity index (χ3v) is 5.84. The molecule has 2 aliphatic rings. The topological polar surface area (TPSA) is 103 Å². The average molecular weight is 464 g/mol. The predicted octanol–water partition coefficient (Wildman–Crippen LogP) is 1.80. The van der Waals surface area contributed by atoms with Crippen LogP contribution < -0.4 is 16.0 Å². The lowest BCUT2D eigenvalue weighted by atomic mass is 10.00. The summed E-state index contributed by atoms with van der Waals surface area (Å²) in [7, 11) is 0. The first-order valence-corrected chi connectivity index (χ1v) is 11.3. The van der Waals surface area contributed by atoms with Gasteiger partial charge in [-0.1, -0.05) is 30.7 Å². The Morgan fingerprint density at radius 2 is 1.84 bits per heavy atom. The van der Waals surface area contributed by atoms with Crippen LogP contribution in [0.2, 0.25) is 5.02 Å². The summed E-state index contributed by atoms with van der Waals surface area (Å²) in [5.74, 6) is -0.521. The molecule has 1 unspecified atom stereocenters. The SMILES string of the molecule is CCOC(=O)C1=C(CN2CCN(CC(=O)Nc3ccccc3Cl)CC2)NC(=O)NC1CC. The molecule has 3 N–H and O–H groups in total. The van der Waals surface area contributed by atoms with Crippen molar-refractivity contribution in [2.24, 2.45) is 0 Å². The largest absolute Gasteiger partial charge is 0.463 e. The zero-order chi connectivity index (χ0) is 23.1. The summed E-state index contributed by atoms with van der Waals surface area (Å²) in [6.07, 6.45) is 0.597. The molecular formula is C22H30ClN5O4. The first kappa shape index (κ1) is 24.0. The van der Waals surface area contributed by atoms with Gasteiger partial charge in [-0.2, -0.15) is 0 Å². The molecule has 1 saturated heterocycles. The molecule has 32 heavy (non-hydrogen) atoms. The van der Waals surface area contributed by atoms with Crippen molar-refractivity contribution < 1.29 is 19.1 Å². The molecule has 1 atom stereocenters. The Labute approximate surface area is 193 Å². The summed E-state index contributed by atoms with van der Waals surface area (Å²) in [6, 6.07) is 6.46. The second-order valence-corrected chi connectivity index (χ2v) is 8.16. The van der Waals surface area contributed by atoms with Crippen LogP contribution in [0.5, 0.6) is 0 Å². The van der Waals surface area contributed by atoms with Crippen LogP contribution >= 0.6 is 11.6 Å². The quantitative estimate of drug-likeness (QED) is 0.508. The minimum absolute atomic E-state index is 0.115. The van der Waals surface area contributed by atoms with E-state index in [2.05, 4.69) is 25.8 Å². The highest BCUT2D eigenvalue weighted by Gasteiger charge is 2.32. The van der Waals surface area contributed by atoms with Gasteiger partial charge in [-0.3, -0.25) is 14.6 Å². The number of carbonyl (C=O) groups is 3. The third-order valence-electron chi connectivity index (χ3n) is 5.51. The number of ether oxygens (including phenoxy) is 1. The highest BCUT2D eigenvalue weighted by Crippen LogP contribution is 2.21. The molecule has 3 amide bonds. The van der Waals surface area contributed by atoms with Crippen LogP contribution in [0.1, 0.15) is 20.3 Å². The van der Waals surface area contributed by atoms with Crippen molar-refractivity contribution in [1.82, 2.24) is 20.4 Å². The number of para-hydroxylation sites is 1. The lowest BCUT2D eigenvalue weighted by molar-refractivity contribution is -0.139. The van der Waals surface area contributed by atoms with Crippen molar-refractivity contribution in [2.75, 3.05) is 51.2 Å². The van der Waals surface area contributed by atoms with Crippen LogP contribution in [-0.4, -0.2) is 79.6 Å². The number of hydrogen-bond donors (Lipinski definition) is 3. The fourth-order valence-corrected chi connectivity index (χ4v) is 4.05. The zero-order valence-electron chi connectivity index (χ0n) is 18.4. The number of nitrogens with one attached hydrogen (secondary N) is 3. The Morgan fingerprint density at radius 1 is 1.16 bits per heavy atom. The smallest absolute Gasteiger partial charge is 0.337 e. The van der Waals surface area contributed by atoms with Crippen molar-refractivity contribution in [2.45, 2.75) is 26.3 Å². The Bertz CT molecular complexity index is 883. The summed E-state index contributed by atoms with van der Waals surface area (Å²) in [6.45, 7) is 7.47. The highest BCUT2D eigenvalue weighted by molar-refractivity contribution is 6.33. The molecule has 0 aromatic heterocycles. The Morgan fingerprint density at radius 3 is 2.50 bits per heavy atom. The number of benzene rings is 1. The lowest BCUT2D eigenvalue weighted by Gasteiger charge is -2.36. The van der Waals surface area contributed by atoms with Crippen molar-refractivity contribution in [3.63, 3.8) is 0 Å². The van der Waals surface area contributed by atoms with Gasteiger partial charge in [0.25, 0.3) is 0 Å². The van der Waals surface area contributed by atoms with E-state index in [1.54, 1.807) is 19.1 Å². The number of rotatable bonds is 8. The summed E-state index contributed by atoms with van der Waals surface area (Å²) >= 11 is 6.10. The molecule has 1 fully saturated rings. The molecule has 3 rings (SSSR count). The second kappa shape index (κ2) is 11.3. The number of hydrogen-bond acceptors (Lipinski definition) is 6. The van der Waals surface area contributed by atoms with E-state index < -0.39 is 5.97 Å². The summed E-state index contributed by atoms with van der Waals surface area (Å²) < 4.78 is 5.22. The van der Waals surface area contributed by atoms with E-state index >= 15 is 0 Å². The van der Waals surface area contributed by atoms with Gasteiger partial charge in [0.05, 0.1) is 35.5 Å². The predicted molar refractivity (Wildman–Crippen MR) is 122 cm³/mol. The van der Waals surface area contributed by atoms with Crippen molar-refractivity contribution in [3.8, 4) is 0 Å². The standard InChI is InChI=1S/C22H30ClN5O4/c1-3-16-20(21(30)32-4-2)18(26-22(31)25-16)13-27-9-11-28(12-10-27)14-19(29)24-17-8-6-5-7-15(17)23/h5-8,16H,3-4,9-14H2,1-2H3,(H,24,29)(H2,25,26,31). The highest BCUT2D eigenvalue weighted by atomic mass is 35.5. The number of anilines is 1. The van der Waals surface area contributed by atoms with E-state index in [0.29, 0.717) is 61.1 Å². The first-order valence-electron chi connectivity index (χ1n) is 10.9. The average Bonchev–Trinajstić information content (AvgIpc) is 2.76. The third kappa shape index (κ3) is 6.21. The van der Waals surface area contributed by atoms with Gasteiger partial charge >= 0.3 is 12.0 Å². The van der Waals surface area contributed by atoms with Crippen LogP contribution in [-0.2, 0) is 14.3 Å². The van der Waals surface area contributed by atoms with E-state index in [1.165, 1.54) is 0 Å². The van der Waals surface area contributed by atoms with E-state index in [4.69, 9.17) is 16.3 Å². The van der Waals surface area contributed by atoms with Gasteiger partial charge in [-0.15, -0.1) is 0 Å². The van der Waals surface area contributed by atoms with E-state index in [0.717, 1.165) is 0 Å². The fraction of sp³-hybridized carbons (Fsp3) is 0.500. The van der Waals surface area contributed by atoms with Crippen molar-refractivity contribution in [3.05, 3.63) is 40.6 Å². The maximum Gasteiger partial charge on any atom is 0.337 e. The number of esters is 1. The number of nitrogens with zero attached hydrogens (tertiary/aromatic N) is 2. The molecule has 1 aromatic rings. The molecule has 9 nitrogen and oxygen atoms in total. The summed E-state index contributed by atoms with van der Waals surface area (Å²) in [5.41, 5.74) is 1.67. The molecule has 0 radical (unpaired) electrons. The first-order chi connectivity index (χ1) is 15.4. The maximum atomic E-state index is 12.5. The molecule has 1 aromatic carbocycles. The number of carbonyl (C=O) groups excluding carboxylic acids is 3. The molecule has 0 saturated carbocycles. The van der Waals surface area contributed by atoms with E-state index in [1.807, 2.05) is 19.1 Å². The normalized spacial score (nSPS) is 19.8. The maximum absolute atomic E-state index is 12.5. The minimum atomic E-state index is -0.406. The van der Waals surface area contributed by atoms with Crippen molar-refractivity contribution in [1.29, 1.82) is 0 Å². The van der Waals surface area contributed by atoms with Gasteiger partial charge in [-0.25, -0.2) is 9.59 Å². The molecule has 2 aliphatic heterocycles. The van der Waals surface area contributed by atoms with Crippen LogP contribution in [0.4, 0.5) is 10.5 Å². The Balaban J connectivity index is 1.57. The Hall–Kier alpha value is -2.62. The van der Waals surface area contributed by atoms with Gasteiger partial charge in [0.15, 0.2) is 0 Å². The fourth-order valence-electron chi connectivity index (χ4n) is 3.87. The zero-order valence-corrected chi connectivity index (χ0v) is 19.2. The van der Waals surface area contributed by atoms with Gasteiger partial charge in [0.1, 0.15) is 0 Å². The lowest BCUT2D eigenvalue weighted by Crippen LogP contribution is -2.54. The molecule has 0 spiro atoms. The number of halogens is 1. The van der Waals surface area contributed by atoms with Gasteiger partial charge in [-0.05, 0) is 25.5 Å². The van der Waals surface area contributed by atoms with Gasteiger partial charge in [0, 0.05) is 38.4 Å². The molecular weight excluding hydrogens is 434 g/mol. The Kier molecular flexibility index (Phi) is 8.49. The number of piperazine rings is 1. The second-order valence-electron chi connectivity index (χ2n) is 7.75. The molecule has 174 valence electrons. The van der Waals surface area contributed by atoms with Crippen molar-refractivity contribution >= 4 is 35.2 Å². The summed E-state index contributed by atoms with van der Waals surface area (Å²) in [4.78, 5) is 41.2. The van der Waals surface area contributed by atoms with E-state index in [-0.39, 0.29) is 31.1 Å². The van der Waals surface area contributed by atoms with Crippen LogP contribution in [0.15, 0.2) is 35.5 Å². The van der Waals surface area contributed by atoms with Crippen LogP contribution in [0.25, 0.3) is 0 Å². The molecule has 10 heteroatoms. The van der Waals surface area contributed by atoms with Gasteiger partial charge < -0.3 is 20.7 Å².